The van der Waals surface area contributed by atoms with Gasteiger partial charge >= 0.3 is 0 Å². The van der Waals surface area contributed by atoms with Gasteiger partial charge in [-0.1, -0.05) is 23.2 Å². The van der Waals surface area contributed by atoms with Crippen molar-refractivity contribution in [3.8, 4) is 5.75 Å². The van der Waals surface area contributed by atoms with Crippen LogP contribution >= 0.6 is 23.2 Å². The number of hydrogen-bond acceptors (Lipinski definition) is 3. The molecule has 0 N–H and O–H groups in total. The standard InChI is InChI=1S/C16H21Cl2NO3/c1-10-8-19(9-11(2)21-10)15(20)16(3,4)22-14-6-5-12(17)7-13(14)18/h5-7,10-11H,8-9H2,1-4H3. The molecule has 4 nitrogen and oxygen atoms in total. The lowest BCUT2D eigenvalue weighted by Gasteiger charge is -2.39. The second-order valence-electron chi connectivity index (χ2n) is 6.15. The number of rotatable bonds is 3. The van der Waals surface area contributed by atoms with Crippen LogP contribution in [0.1, 0.15) is 27.7 Å². The van der Waals surface area contributed by atoms with Gasteiger partial charge in [-0.05, 0) is 45.9 Å². The fraction of sp³-hybridized carbons (Fsp3) is 0.562. The van der Waals surface area contributed by atoms with E-state index in [1.807, 2.05) is 13.8 Å². The largest absolute Gasteiger partial charge is 0.476 e. The predicted molar refractivity (Wildman–Crippen MR) is 87.8 cm³/mol. The van der Waals surface area contributed by atoms with Crippen LogP contribution in [-0.2, 0) is 9.53 Å². The summed E-state index contributed by atoms with van der Waals surface area (Å²) in [6.45, 7) is 8.52. The number of amides is 1. The highest BCUT2D eigenvalue weighted by Crippen LogP contribution is 2.31. The Bertz CT molecular complexity index is 552. The van der Waals surface area contributed by atoms with E-state index >= 15 is 0 Å². The van der Waals surface area contributed by atoms with E-state index in [1.165, 1.54) is 0 Å². The van der Waals surface area contributed by atoms with Gasteiger partial charge < -0.3 is 14.4 Å². The predicted octanol–water partition coefficient (Wildman–Crippen LogP) is 3.79. The van der Waals surface area contributed by atoms with E-state index in [2.05, 4.69) is 0 Å². The first-order chi connectivity index (χ1) is 10.2. The highest BCUT2D eigenvalue weighted by Gasteiger charge is 2.37. The van der Waals surface area contributed by atoms with Gasteiger partial charge in [0.25, 0.3) is 5.91 Å². The fourth-order valence-corrected chi connectivity index (χ4v) is 3.05. The Labute approximate surface area is 141 Å². The smallest absolute Gasteiger partial charge is 0.266 e. The van der Waals surface area contributed by atoms with E-state index < -0.39 is 5.60 Å². The third-order valence-corrected chi connectivity index (χ3v) is 4.01. The molecule has 1 amide bonds. The lowest BCUT2D eigenvalue weighted by Crippen LogP contribution is -2.55. The second-order valence-corrected chi connectivity index (χ2v) is 7.00. The molecular weight excluding hydrogens is 325 g/mol. The Morgan fingerprint density at radius 1 is 1.27 bits per heavy atom. The number of ether oxygens (including phenoxy) is 2. The summed E-state index contributed by atoms with van der Waals surface area (Å²) in [6.07, 6.45) is 0.0326. The number of carbonyl (C=O) groups is 1. The zero-order valence-corrected chi connectivity index (χ0v) is 14.7. The van der Waals surface area contributed by atoms with Gasteiger partial charge in [0.05, 0.1) is 17.2 Å². The Morgan fingerprint density at radius 2 is 1.86 bits per heavy atom. The number of halogens is 2. The lowest BCUT2D eigenvalue weighted by molar-refractivity contribution is -0.156. The molecule has 1 fully saturated rings. The molecule has 122 valence electrons. The van der Waals surface area contributed by atoms with Crippen molar-refractivity contribution >= 4 is 29.1 Å². The third kappa shape index (κ3) is 4.06. The molecule has 1 aliphatic heterocycles. The van der Waals surface area contributed by atoms with Crippen LogP contribution in [0.15, 0.2) is 18.2 Å². The Balaban J connectivity index is 2.13. The Hall–Kier alpha value is -0.970. The highest BCUT2D eigenvalue weighted by atomic mass is 35.5. The number of morpholine rings is 1. The van der Waals surface area contributed by atoms with Crippen LogP contribution in [0.5, 0.6) is 5.75 Å². The van der Waals surface area contributed by atoms with Crippen molar-refractivity contribution in [2.75, 3.05) is 13.1 Å². The topological polar surface area (TPSA) is 38.8 Å². The van der Waals surface area contributed by atoms with Crippen molar-refractivity contribution in [2.24, 2.45) is 0 Å². The summed E-state index contributed by atoms with van der Waals surface area (Å²) >= 11 is 12.0. The van der Waals surface area contributed by atoms with E-state index in [0.717, 1.165) is 0 Å². The van der Waals surface area contributed by atoms with Crippen LogP contribution in [0.2, 0.25) is 10.0 Å². The van der Waals surface area contributed by atoms with Gasteiger partial charge in [0.1, 0.15) is 5.75 Å². The minimum atomic E-state index is -1.02. The summed E-state index contributed by atoms with van der Waals surface area (Å²) in [4.78, 5) is 14.6. The molecule has 1 aromatic rings. The zero-order chi connectivity index (χ0) is 16.5. The van der Waals surface area contributed by atoms with E-state index in [9.17, 15) is 4.79 Å². The molecule has 0 bridgehead atoms. The number of carbonyl (C=O) groups excluding carboxylic acids is 1. The summed E-state index contributed by atoms with van der Waals surface area (Å²) in [6, 6.07) is 4.95. The van der Waals surface area contributed by atoms with Gasteiger partial charge in [-0.3, -0.25) is 4.79 Å². The maximum atomic E-state index is 12.8. The number of hydrogen-bond donors (Lipinski definition) is 0. The van der Waals surface area contributed by atoms with Crippen LogP contribution in [0.25, 0.3) is 0 Å². The molecule has 1 aromatic carbocycles. The number of nitrogens with zero attached hydrogens (tertiary/aromatic N) is 1. The van der Waals surface area contributed by atoms with E-state index in [1.54, 1.807) is 36.9 Å². The molecule has 2 rings (SSSR count). The molecular formula is C16H21Cl2NO3. The molecule has 0 saturated carbocycles. The van der Waals surface area contributed by atoms with Crippen molar-refractivity contribution in [3.05, 3.63) is 28.2 Å². The van der Waals surface area contributed by atoms with Crippen molar-refractivity contribution in [1.82, 2.24) is 4.90 Å². The summed E-state index contributed by atoms with van der Waals surface area (Å²) in [5.41, 5.74) is -1.02. The van der Waals surface area contributed by atoms with Crippen LogP contribution < -0.4 is 4.74 Å². The van der Waals surface area contributed by atoms with Crippen LogP contribution in [0, 0.1) is 0 Å². The van der Waals surface area contributed by atoms with Crippen LogP contribution in [0.4, 0.5) is 0 Å². The van der Waals surface area contributed by atoms with Gasteiger partial charge in [0.2, 0.25) is 0 Å². The average Bonchev–Trinajstić information content (AvgIpc) is 2.40. The Kier molecular flexibility index (Phi) is 5.25. The van der Waals surface area contributed by atoms with Gasteiger partial charge in [0.15, 0.2) is 5.60 Å². The first kappa shape index (κ1) is 17.4. The minimum Gasteiger partial charge on any atom is -0.476 e. The van der Waals surface area contributed by atoms with Gasteiger partial charge in [-0.2, -0.15) is 0 Å². The second kappa shape index (κ2) is 6.65. The molecule has 1 saturated heterocycles. The Morgan fingerprint density at radius 3 is 2.41 bits per heavy atom. The molecule has 0 radical (unpaired) electrons. The molecule has 1 heterocycles. The highest BCUT2D eigenvalue weighted by molar-refractivity contribution is 6.35. The van der Waals surface area contributed by atoms with Gasteiger partial charge in [0, 0.05) is 18.1 Å². The minimum absolute atomic E-state index is 0.0163. The molecule has 0 spiro atoms. The first-order valence-corrected chi connectivity index (χ1v) is 8.03. The quantitative estimate of drug-likeness (QED) is 0.836. The number of benzene rings is 1. The molecule has 0 aromatic heterocycles. The molecule has 1 aliphatic rings. The summed E-state index contributed by atoms with van der Waals surface area (Å²) < 4.78 is 11.5. The monoisotopic (exact) mass is 345 g/mol. The normalized spacial score (nSPS) is 22.5. The zero-order valence-electron chi connectivity index (χ0n) is 13.2. The van der Waals surface area contributed by atoms with Crippen molar-refractivity contribution in [2.45, 2.75) is 45.5 Å². The molecule has 22 heavy (non-hydrogen) atoms. The van der Waals surface area contributed by atoms with Crippen molar-refractivity contribution in [1.29, 1.82) is 0 Å². The van der Waals surface area contributed by atoms with E-state index in [-0.39, 0.29) is 18.1 Å². The third-order valence-electron chi connectivity index (χ3n) is 3.48. The SMILES string of the molecule is CC1CN(C(=O)C(C)(C)Oc2ccc(Cl)cc2Cl)CC(C)O1. The summed E-state index contributed by atoms with van der Waals surface area (Å²) in [5, 5.41) is 0.911. The van der Waals surface area contributed by atoms with Crippen LogP contribution in [-0.4, -0.2) is 41.7 Å². The maximum absolute atomic E-state index is 12.8. The maximum Gasteiger partial charge on any atom is 0.266 e. The van der Waals surface area contributed by atoms with Gasteiger partial charge in [-0.15, -0.1) is 0 Å². The van der Waals surface area contributed by atoms with Crippen LogP contribution in [0.3, 0.4) is 0 Å². The molecule has 6 heteroatoms. The van der Waals surface area contributed by atoms with Crippen molar-refractivity contribution in [3.63, 3.8) is 0 Å². The van der Waals surface area contributed by atoms with E-state index in [4.69, 9.17) is 32.7 Å². The lowest BCUT2D eigenvalue weighted by atomic mass is 10.1. The average molecular weight is 346 g/mol. The first-order valence-electron chi connectivity index (χ1n) is 7.28. The fourth-order valence-electron chi connectivity index (χ4n) is 2.60. The van der Waals surface area contributed by atoms with Crippen molar-refractivity contribution < 1.29 is 14.3 Å². The molecule has 2 atom stereocenters. The molecule has 0 aliphatic carbocycles. The summed E-state index contributed by atoms with van der Waals surface area (Å²) in [5.74, 6) is 0.360. The molecule has 2 unspecified atom stereocenters. The summed E-state index contributed by atoms with van der Waals surface area (Å²) in [7, 11) is 0. The van der Waals surface area contributed by atoms with E-state index in [0.29, 0.717) is 28.9 Å². The van der Waals surface area contributed by atoms with Gasteiger partial charge in [-0.25, -0.2) is 0 Å².